The number of rotatable bonds is 7. The minimum absolute atomic E-state index is 0.148. The quantitative estimate of drug-likeness (QED) is 0.471. The lowest BCUT2D eigenvalue weighted by molar-refractivity contribution is -0.169. The first-order valence-electron chi connectivity index (χ1n) is 14.2. The van der Waals surface area contributed by atoms with Crippen LogP contribution in [0.5, 0.6) is 0 Å². The van der Waals surface area contributed by atoms with Gasteiger partial charge in [0.25, 0.3) is 0 Å². The molecule has 3 aliphatic rings. The van der Waals surface area contributed by atoms with Crippen molar-refractivity contribution in [2.75, 3.05) is 13.1 Å². The van der Waals surface area contributed by atoms with Crippen LogP contribution in [0, 0.1) is 5.92 Å². The van der Waals surface area contributed by atoms with Crippen molar-refractivity contribution in [1.82, 2.24) is 19.4 Å². The summed E-state index contributed by atoms with van der Waals surface area (Å²) in [6, 6.07) is 5.15. The van der Waals surface area contributed by atoms with Gasteiger partial charge in [-0.15, -0.1) is 0 Å². The van der Waals surface area contributed by atoms with Crippen molar-refractivity contribution in [3.05, 3.63) is 63.6 Å². The second-order valence-electron chi connectivity index (χ2n) is 11.6. The number of carbonyl (C=O) groups is 3. The van der Waals surface area contributed by atoms with Crippen molar-refractivity contribution < 1.29 is 36.0 Å². The number of benzene rings is 2. The Labute approximate surface area is 263 Å². The van der Waals surface area contributed by atoms with Gasteiger partial charge >= 0.3 is 6.18 Å². The molecule has 44 heavy (non-hydrogen) atoms. The molecule has 3 unspecified atom stereocenters. The third-order valence-electron chi connectivity index (χ3n) is 8.44. The Kier molecular flexibility index (Phi) is 8.98. The van der Waals surface area contributed by atoms with E-state index in [1.54, 1.807) is 13.8 Å². The number of fused-ring (bicyclic) bond motifs is 1. The molecule has 2 saturated heterocycles. The van der Waals surface area contributed by atoms with E-state index in [2.05, 4.69) is 5.32 Å². The van der Waals surface area contributed by atoms with Gasteiger partial charge in [0.05, 0.1) is 17.1 Å². The van der Waals surface area contributed by atoms with Crippen LogP contribution < -0.4 is 5.32 Å². The second-order valence-corrected chi connectivity index (χ2v) is 14.3. The Morgan fingerprint density at radius 2 is 1.68 bits per heavy atom. The normalized spacial score (nSPS) is 23.5. The van der Waals surface area contributed by atoms with Gasteiger partial charge in [0, 0.05) is 29.9 Å². The zero-order valence-corrected chi connectivity index (χ0v) is 26.2. The molecule has 2 aromatic carbocycles. The van der Waals surface area contributed by atoms with Crippen LogP contribution in [-0.4, -0.2) is 77.6 Å². The topological polar surface area (TPSA) is 107 Å². The predicted molar refractivity (Wildman–Crippen MR) is 156 cm³/mol. The number of sulfonamides is 1. The minimum atomic E-state index is -4.56. The lowest BCUT2D eigenvalue weighted by Gasteiger charge is -2.54. The first-order chi connectivity index (χ1) is 20.6. The fourth-order valence-electron chi connectivity index (χ4n) is 5.80. The SMILES string of the molecule is CC(C)N1CC2N(C(=O)C(NC(=O)C3CCC3)CN2S(=O)(=O)c2ccc(Cl)cc2Cl)C(Cc2ccc(C(F)(F)F)cc2)C1=O. The summed E-state index contributed by atoms with van der Waals surface area (Å²) in [5.41, 5.74) is -0.535. The van der Waals surface area contributed by atoms with Crippen LogP contribution in [0.25, 0.3) is 0 Å². The van der Waals surface area contributed by atoms with Gasteiger partial charge in [-0.05, 0) is 62.6 Å². The molecule has 0 spiro atoms. The van der Waals surface area contributed by atoms with Crippen molar-refractivity contribution >= 4 is 50.9 Å². The van der Waals surface area contributed by atoms with Gasteiger partial charge in [-0.25, -0.2) is 8.42 Å². The number of halogens is 5. The van der Waals surface area contributed by atoms with Crippen LogP contribution in [0.1, 0.15) is 44.2 Å². The van der Waals surface area contributed by atoms with Crippen molar-refractivity contribution in [3.63, 3.8) is 0 Å². The monoisotopic (exact) mass is 674 g/mol. The minimum Gasteiger partial charge on any atom is -0.343 e. The zero-order valence-electron chi connectivity index (χ0n) is 23.9. The lowest BCUT2D eigenvalue weighted by atomic mass is 9.84. The van der Waals surface area contributed by atoms with Crippen molar-refractivity contribution in [2.45, 2.75) is 74.9 Å². The van der Waals surface area contributed by atoms with Crippen LogP contribution in [-0.2, 0) is 37.0 Å². The van der Waals surface area contributed by atoms with E-state index >= 15 is 0 Å². The molecule has 15 heteroatoms. The molecule has 0 aromatic heterocycles. The van der Waals surface area contributed by atoms with E-state index in [0.29, 0.717) is 18.4 Å². The molecule has 0 bridgehead atoms. The average Bonchev–Trinajstić information content (AvgIpc) is 2.89. The van der Waals surface area contributed by atoms with Crippen molar-refractivity contribution in [1.29, 1.82) is 0 Å². The molecule has 1 N–H and O–H groups in total. The number of amides is 3. The maximum absolute atomic E-state index is 14.2. The molecule has 1 aliphatic carbocycles. The van der Waals surface area contributed by atoms with Gasteiger partial charge in [-0.2, -0.15) is 17.5 Å². The highest BCUT2D eigenvalue weighted by atomic mass is 35.5. The highest BCUT2D eigenvalue weighted by Crippen LogP contribution is 2.36. The Bertz CT molecular complexity index is 1570. The fourth-order valence-corrected chi connectivity index (χ4v) is 8.14. The van der Waals surface area contributed by atoms with E-state index in [-0.39, 0.29) is 39.7 Å². The maximum Gasteiger partial charge on any atom is 0.416 e. The van der Waals surface area contributed by atoms with E-state index in [1.807, 2.05) is 0 Å². The lowest BCUT2D eigenvalue weighted by Crippen LogP contribution is -2.76. The highest BCUT2D eigenvalue weighted by molar-refractivity contribution is 7.89. The van der Waals surface area contributed by atoms with E-state index in [1.165, 1.54) is 35.2 Å². The number of nitrogens with one attached hydrogen (secondary N) is 1. The zero-order chi connectivity index (χ0) is 32.1. The Balaban J connectivity index is 1.58. The molecule has 0 radical (unpaired) electrons. The van der Waals surface area contributed by atoms with Crippen LogP contribution >= 0.6 is 23.2 Å². The Morgan fingerprint density at radius 1 is 1.02 bits per heavy atom. The molecule has 9 nitrogen and oxygen atoms in total. The average molecular weight is 676 g/mol. The molecule has 2 aliphatic heterocycles. The largest absolute Gasteiger partial charge is 0.416 e. The second kappa shape index (κ2) is 12.1. The standard InChI is InChI=1S/C29H31Cl2F3N4O5S/c1-16(2)36-15-25-37(44(42,43)24-11-10-20(30)13-21(24)31)14-22(35-26(39)18-4-3-5-18)27(40)38(25)23(28(36)41)12-17-6-8-19(9-7-17)29(32,33)34/h6-11,13,16,18,22-23,25H,3-5,12,14-15H2,1-2H3,(H,35,39). The number of carbonyl (C=O) groups excluding carboxylic acids is 3. The smallest absolute Gasteiger partial charge is 0.343 e. The van der Waals surface area contributed by atoms with Gasteiger partial charge in [-0.1, -0.05) is 41.8 Å². The van der Waals surface area contributed by atoms with Gasteiger partial charge in [0.1, 0.15) is 23.1 Å². The van der Waals surface area contributed by atoms with Gasteiger partial charge < -0.3 is 15.1 Å². The van der Waals surface area contributed by atoms with Crippen LogP contribution in [0.4, 0.5) is 13.2 Å². The summed E-state index contributed by atoms with van der Waals surface area (Å²) in [6.07, 6.45) is -3.79. The Morgan fingerprint density at radius 3 is 2.23 bits per heavy atom. The molecule has 3 fully saturated rings. The molecule has 1 saturated carbocycles. The number of alkyl halides is 3. The summed E-state index contributed by atoms with van der Waals surface area (Å²) < 4.78 is 69.1. The highest BCUT2D eigenvalue weighted by Gasteiger charge is 2.54. The van der Waals surface area contributed by atoms with Gasteiger partial charge in [-0.3, -0.25) is 14.4 Å². The molecular weight excluding hydrogens is 644 g/mol. The summed E-state index contributed by atoms with van der Waals surface area (Å²) in [6.45, 7) is 2.90. The third-order valence-corrected chi connectivity index (χ3v) is 11.0. The van der Waals surface area contributed by atoms with Crippen molar-refractivity contribution in [3.8, 4) is 0 Å². The van der Waals surface area contributed by atoms with Crippen LogP contribution in [0.2, 0.25) is 10.0 Å². The molecule has 5 rings (SSSR count). The summed E-state index contributed by atoms with van der Waals surface area (Å²) in [7, 11) is -4.43. The third kappa shape index (κ3) is 6.16. The molecule has 3 atom stereocenters. The molecule has 238 valence electrons. The molecule has 2 heterocycles. The van der Waals surface area contributed by atoms with Gasteiger partial charge in [0.2, 0.25) is 27.7 Å². The van der Waals surface area contributed by atoms with Gasteiger partial charge in [0.15, 0.2) is 0 Å². The van der Waals surface area contributed by atoms with Crippen molar-refractivity contribution in [2.24, 2.45) is 5.92 Å². The maximum atomic E-state index is 14.2. The number of hydrogen-bond acceptors (Lipinski definition) is 5. The Hall–Kier alpha value is -2.87. The summed E-state index contributed by atoms with van der Waals surface area (Å²) in [4.78, 5) is 43.2. The fraction of sp³-hybridized carbons (Fsp3) is 0.483. The first kappa shape index (κ1) is 32.5. The van der Waals surface area contributed by atoms with E-state index < -0.39 is 64.4 Å². The number of hydrogen-bond donors (Lipinski definition) is 1. The molecule has 2 aromatic rings. The summed E-state index contributed by atoms with van der Waals surface area (Å²) in [5, 5.41) is 2.76. The van der Waals surface area contributed by atoms with Crippen LogP contribution in [0.15, 0.2) is 47.4 Å². The molecule has 3 amide bonds. The van der Waals surface area contributed by atoms with E-state index in [9.17, 15) is 36.0 Å². The van der Waals surface area contributed by atoms with E-state index in [0.717, 1.165) is 27.8 Å². The summed E-state index contributed by atoms with van der Waals surface area (Å²) >= 11 is 12.3. The predicted octanol–water partition coefficient (Wildman–Crippen LogP) is 4.32. The summed E-state index contributed by atoms with van der Waals surface area (Å²) in [5.74, 6) is -1.83. The molecular formula is C29H31Cl2F3N4O5S. The number of piperazine rings is 1. The first-order valence-corrected chi connectivity index (χ1v) is 16.3. The van der Waals surface area contributed by atoms with E-state index in [4.69, 9.17) is 23.2 Å². The van der Waals surface area contributed by atoms with Crippen LogP contribution in [0.3, 0.4) is 0 Å². The number of nitrogens with zero attached hydrogens (tertiary/aromatic N) is 3.